The Morgan fingerprint density at radius 1 is 0.643 bits per heavy atom. The summed E-state index contributed by atoms with van der Waals surface area (Å²) in [5.41, 5.74) is 2.99. The third-order valence-corrected chi connectivity index (χ3v) is 4.82. The van der Waals surface area contributed by atoms with E-state index in [1.54, 1.807) is 28.4 Å². The Kier molecular flexibility index (Phi) is 6.04. The molecule has 1 fully saturated rings. The molecule has 2 aromatic carbocycles. The zero-order valence-electron chi connectivity index (χ0n) is 16.6. The van der Waals surface area contributed by atoms with Crippen LogP contribution >= 0.6 is 0 Å². The summed E-state index contributed by atoms with van der Waals surface area (Å²) in [5.74, 6) is 2.69. The largest absolute Gasteiger partial charge is 0.496 e. The quantitative estimate of drug-likeness (QED) is 0.688. The highest BCUT2D eigenvalue weighted by molar-refractivity contribution is 6.16. The van der Waals surface area contributed by atoms with Crippen molar-refractivity contribution in [1.82, 2.24) is 0 Å². The Labute approximate surface area is 165 Å². The summed E-state index contributed by atoms with van der Waals surface area (Å²) in [5, 5.41) is 0. The normalized spacial score (nSPS) is 16.5. The molecule has 0 N–H and O–H groups in total. The molecule has 2 aromatic rings. The van der Waals surface area contributed by atoms with E-state index in [0.29, 0.717) is 35.8 Å². The number of ketones is 1. The lowest BCUT2D eigenvalue weighted by atomic mass is 10.0. The van der Waals surface area contributed by atoms with Crippen LogP contribution in [0.15, 0.2) is 47.5 Å². The number of hydrogen-bond acceptors (Lipinski definition) is 5. The number of methoxy groups -OCH3 is 4. The first-order chi connectivity index (χ1) is 13.6. The third-order valence-electron chi connectivity index (χ3n) is 4.82. The van der Waals surface area contributed by atoms with Crippen LogP contribution < -0.4 is 18.9 Å². The number of allylic oxidation sites excluding steroid dienone is 2. The van der Waals surface area contributed by atoms with Crippen molar-refractivity contribution in [1.29, 1.82) is 0 Å². The van der Waals surface area contributed by atoms with Gasteiger partial charge in [0.2, 0.25) is 0 Å². The number of carbonyl (C=O) groups is 1. The SMILES string of the molecule is COc1cccc(OC)c1C=C1CCC(=Cc2c(OC)cccc2OC)C1=O. The Balaban J connectivity index is 2.00. The van der Waals surface area contributed by atoms with Crippen molar-refractivity contribution in [2.45, 2.75) is 12.8 Å². The summed E-state index contributed by atoms with van der Waals surface area (Å²) in [4.78, 5) is 13.0. The molecule has 0 amide bonds. The Hall–Kier alpha value is -3.21. The second-order valence-electron chi connectivity index (χ2n) is 6.32. The van der Waals surface area contributed by atoms with Crippen LogP contribution in [0.25, 0.3) is 12.2 Å². The van der Waals surface area contributed by atoms with Gasteiger partial charge in [-0.25, -0.2) is 0 Å². The van der Waals surface area contributed by atoms with Crippen LogP contribution in [0.1, 0.15) is 24.0 Å². The van der Waals surface area contributed by atoms with Crippen LogP contribution in [0, 0.1) is 0 Å². The van der Waals surface area contributed by atoms with E-state index in [-0.39, 0.29) is 5.78 Å². The molecule has 0 radical (unpaired) electrons. The molecule has 0 atom stereocenters. The predicted molar refractivity (Wildman–Crippen MR) is 109 cm³/mol. The molecule has 0 aliphatic heterocycles. The molecule has 1 saturated carbocycles. The van der Waals surface area contributed by atoms with Gasteiger partial charge in [-0.15, -0.1) is 0 Å². The number of ether oxygens (including phenoxy) is 4. The molecule has 0 saturated heterocycles. The van der Waals surface area contributed by atoms with Gasteiger partial charge in [-0.2, -0.15) is 0 Å². The van der Waals surface area contributed by atoms with Crippen molar-refractivity contribution in [3.63, 3.8) is 0 Å². The minimum atomic E-state index is 0.0147. The topological polar surface area (TPSA) is 54.0 Å². The molecule has 0 spiro atoms. The van der Waals surface area contributed by atoms with E-state index in [1.165, 1.54) is 0 Å². The van der Waals surface area contributed by atoms with Crippen molar-refractivity contribution < 1.29 is 23.7 Å². The van der Waals surface area contributed by atoms with Crippen molar-refractivity contribution >= 4 is 17.9 Å². The van der Waals surface area contributed by atoms with Crippen LogP contribution in [-0.4, -0.2) is 34.2 Å². The van der Waals surface area contributed by atoms with Gasteiger partial charge in [0.1, 0.15) is 23.0 Å². The standard InChI is InChI=1S/C23H24O5/c1-25-19-7-5-8-20(26-2)17(19)13-15-11-12-16(23(15)24)14-18-21(27-3)9-6-10-22(18)28-4/h5-10,13-14H,11-12H2,1-4H3. The van der Waals surface area contributed by atoms with E-state index in [4.69, 9.17) is 18.9 Å². The Morgan fingerprint density at radius 2 is 0.964 bits per heavy atom. The average Bonchev–Trinajstić information content (AvgIpc) is 3.07. The van der Waals surface area contributed by atoms with Crippen molar-refractivity contribution in [2.75, 3.05) is 28.4 Å². The minimum absolute atomic E-state index is 0.0147. The lowest BCUT2D eigenvalue weighted by molar-refractivity contribution is -0.111. The fourth-order valence-corrected chi connectivity index (χ4v) is 3.37. The van der Waals surface area contributed by atoms with Crippen molar-refractivity contribution in [3.05, 3.63) is 58.7 Å². The molecule has 146 valence electrons. The molecule has 28 heavy (non-hydrogen) atoms. The van der Waals surface area contributed by atoms with Gasteiger partial charge in [0.05, 0.1) is 39.6 Å². The molecule has 0 aromatic heterocycles. The zero-order valence-corrected chi connectivity index (χ0v) is 16.6. The lowest BCUT2D eigenvalue weighted by Crippen LogP contribution is -1.99. The van der Waals surface area contributed by atoms with Crippen LogP contribution in [-0.2, 0) is 4.79 Å². The predicted octanol–water partition coefficient (Wildman–Crippen LogP) is 4.55. The molecule has 5 nitrogen and oxygen atoms in total. The van der Waals surface area contributed by atoms with Crippen molar-refractivity contribution in [3.8, 4) is 23.0 Å². The summed E-state index contributed by atoms with van der Waals surface area (Å²) in [6.07, 6.45) is 5.03. The average molecular weight is 380 g/mol. The van der Waals surface area contributed by atoms with E-state index in [9.17, 15) is 4.79 Å². The second-order valence-corrected chi connectivity index (χ2v) is 6.32. The Morgan fingerprint density at radius 3 is 1.25 bits per heavy atom. The monoisotopic (exact) mass is 380 g/mol. The molecular weight excluding hydrogens is 356 g/mol. The van der Waals surface area contributed by atoms with E-state index >= 15 is 0 Å². The summed E-state index contributed by atoms with van der Waals surface area (Å²) in [6.45, 7) is 0. The highest BCUT2D eigenvalue weighted by Crippen LogP contribution is 2.37. The first kappa shape index (κ1) is 19.5. The molecule has 0 bridgehead atoms. The molecule has 1 aliphatic carbocycles. The van der Waals surface area contributed by atoms with Gasteiger partial charge in [0, 0.05) is 11.1 Å². The fourth-order valence-electron chi connectivity index (χ4n) is 3.37. The number of Topliss-reactive ketones (excluding diaryl/α,β-unsaturated/α-hetero) is 1. The molecule has 0 heterocycles. The number of benzene rings is 2. The van der Waals surface area contributed by atoms with Crippen LogP contribution in [0.5, 0.6) is 23.0 Å². The maximum absolute atomic E-state index is 13.0. The summed E-state index contributed by atoms with van der Waals surface area (Å²) >= 11 is 0. The van der Waals surface area contributed by atoms with E-state index in [1.807, 2.05) is 48.6 Å². The molecule has 1 aliphatic rings. The maximum atomic E-state index is 13.0. The maximum Gasteiger partial charge on any atom is 0.185 e. The van der Waals surface area contributed by atoms with Gasteiger partial charge < -0.3 is 18.9 Å². The highest BCUT2D eigenvalue weighted by Gasteiger charge is 2.25. The van der Waals surface area contributed by atoms with Gasteiger partial charge in [-0.3, -0.25) is 4.79 Å². The highest BCUT2D eigenvalue weighted by atomic mass is 16.5. The minimum Gasteiger partial charge on any atom is -0.496 e. The molecular formula is C23H24O5. The number of rotatable bonds is 6. The first-order valence-electron chi connectivity index (χ1n) is 9.00. The van der Waals surface area contributed by atoms with Gasteiger partial charge in [0.15, 0.2) is 5.78 Å². The third kappa shape index (κ3) is 3.74. The number of carbonyl (C=O) groups excluding carboxylic acids is 1. The Bertz CT molecular complexity index is 820. The van der Waals surface area contributed by atoms with Gasteiger partial charge in [-0.05, 0) is 49.3 Å². The van der Waals surface area contributed by atoms with E-state index in [0.717, 1.165) is 22.3 Å². The fraction of sp³-hybridized carbons (Fsp3) is 0.261. The van der Waals surface area contributed by atoms with Crippen LogP contribution in [0.4, 0.5) is 0 Å². The summed E-state index contributed by atoms with van der Waals surface area (Å²) < 4.78 is 21.7. The van der Waals surface area contributed by atoms with Crippen LogP contribution in [0.2, 0.25) is 0 Å². The first-order valence-corrected chi connectivity index (χ1v) is 9.00. The van der Waals surface area contributed by atoms with Gasteiger partial charge >= 0.3 is 0 Å². The molecule has 5 heteroatoms. The molecule has 3 rings (SSSR count). The summed E-state index contributed by atoms with van der Waals surface area (Å²) in [6, 6.07) is 11.1. The van der Waals surface area contributed by atoms with Crippen molar-refractivity contribution in [2.24, 2.45) is 0 Å². The van der Waals surface area contributed by atoms with E-state index < -0.39 is 0 Å². The number of hydrogen-bond donors (Lipinski definition) is 0. The smallest absolute Gasteiger partial charge is 0.185 e. The second kappa shape index (κ2) is 8.65. The molecule has 0 unspecified atom stereocenters. The zero-order chi connectivity index (χ0) is 20.1. The van der Waals surface area contributed by atoms with E-state index in [2.05, 4.69) is 0 Å². The van der Waals surface area contributed by atoms with Crippen LogP contribution in [0.3, 0.4) is 0 Å². The lowest BCUT2D eigenvalue weighted by Gasteiger charge is -2.11. The summed E-state index contributed by atoms with van der Waals surface area (Å²) in [7, 11) is 6.41. The van der Waals surface area contributed by atoms with Gasteiger partial charge in [-0.1, -0.05) is 12.1 Å². The van der Waals surface area contributed by atoms with Gasteiger partial charge in [0.25, 0.3) is 0 Å².